The van der Waals surface area contributed by atoms with E-state index < -0.39 is 0 Å². The highest BCUT2D eigenvalue weighted by molar-refractivity contribution is 5.76. The first-order chi connectivity index (χ1) is 7.11. The van der Waals surface area contributed by atoms with E-state index in [0.717, 1.165) is 12.8 Å². The molecule has 0 aliphatic carbocycles. The molecule has 0 atom stereocenters. The van der Waals surface area contributed by atoms with Crippen molar-refractivity contribution in [1.82, 2.24) is 4.90 Å². The Morgan fingerprint density at radius 1 is 1.20 bits per heavy atom. The molecule has 0 aliphatic rings. The fourth-order valence-electron chi connectivity index (χ4n) is 1.14. The van der Waals surface area contributed by atoms with Crippen molar-refractivity contribution < 1.29 is 14.3 Å². The average molecular weight is 215 g/mol. The third kappa shape index (κ3) is 6.94. The van der Waals surface area contributed by atoms with Crippen molar-refractivity contribution in [3.8, 4) is 0 Å². The van der Waals surface area contributed by atoms with Crippen LogP contribution in [0.3, 0.4) is 0 Å². The van der Waals surface area contributed by atoms with E-state index in [0.29, 0.717) is 19.6 Å². The maximum absolute atomic E-state index is 11.4. The first-order valence-electron chi connectivity index (χ1n) is 5.51. The standard InChI is InChI=1S/C11H21NO3/c1-4-6-7-10(13)12(3)9-8-11(14)15-5-2/h4-9H2,1-3H3. The minimum Gasteiger partial charge on any atom is -0.466 e. The minimum absolute atomic E-state index is 0.0983. The van der Waals surface area contributed by atoms with Gasteiger partial charge in [-0.15, -0.1) is 0 Å². The SMILES string of the molecule is CCCCC(=O)N(C)CCC(=O)OCC. The van der Waals surface area contributed by atoms with Crippen molar-refractivity contribution in [2.24, 2.45) is 0 Å². The first kappa shape index (κ1) is 13.9. The third-order valence-corrected chi connectivity index (χ3v) is 2.13. The van der Waals surface area contributed by atoms with Gasteiger partial charge in [0.2, 0.25) is 5.91 Å². The molecule has 0 aliphatic heterocycles. The summed E-state index contributed by atoms with van der Waals surface area (Å²) < 4.78 is 4.78. The monoisotopic (exact) mass is 215 g/mol. The molecule has 4 nitrogen and oxygen atoms in total. The Morgan fingerprint density at radius 2 is 1.87 bits per heavy atom. The van der Waals surface area contributed by atoms with Crippen LogP contribution in [0, 0.1) is 0 Å². The second-order valence-electron chi connectivity index (χ2n) is 3.47. The molecule has 0 unspecified atom stereocenters. The first-order valence-corrected chi connectivity index (χ1v) is 5.51. The molecule has 0 aromatic carbocycles. The van der Waals surface area contributed by atoms with Crippen molar-refractivity contribution in [2.45, 2.75) is 39.5 Å². The Bertz CT molecular complexity index is 204. The summed E-state index contributed by atoms with van der Waals surface area (Å²) in [6.07, 6.45) is 2.76. The molecule has 0 spiro atoms. The summed E-state index contributed by atoms with van der Waals surface area (Å²) in [6.45, 7) is 4.66. The molecule has 4 heteroatoms. The van der Waals surface area contributed by atoms with Crippen LogP contribution in [0.1, 0.15) is 39.5 Å². The van der Waals surface area contributed by atoms with Crippen molar-refractivity contribution in [2.75, 3.05) is 20.2 Å². The molecule has 0 aromatic heterocycles. The van der Waals surface area contributed by atoms with E-state index >= 15 is 0 Å². The Balaban J connectivity index is 3.67. The minimum atomic E-state index is -0.243. The average Bonchev–Trinajstić information content (AvgIpc) is 2.22. The number of esters is 1. The normalized spacial score (nSPS) is 9.80. The molecule has 0 saturated heterocycles. The van der Waals surface area contributed by atoms with Crippen LogP contribution in [0.5, 0.6) is 0 Å². The van der Waals surface area contributed by atoms with Gasteiger partial charge in [0, 0.05) is 20.0 Å². The van der Waals surface area contributed by atoms with E-state index in [2.05, 4.69) is 0 Å². The Morgan fingerprint density at radius 3 is 2.40 bits per heavy atom. The predicted octanol–water partition coefficient (Wildman–Crippen LogP) is 1.59. The third-order valence-electron chi connectivity index (χ3n) is 2.13. The van der Waals surface area contributed by atoms with Gasteiger partial charge in [0.1, 0.15) is 0 Å². The van der Waals surface area contributed by atoms with Crippen LogP contribution in [0.15, 0.2) is 0 Å². The lowest BCUT2D eigenvalue weighted by Crippen LogP contribution is -2.29. The topological polar surface area (TPSA) is 46.6 Å². The van der Waals surface area contributed by atoms with E-state index in [4.69, 9.17) is 4.74 Å². The maximum Gasteiger partial charge on any atom is 0.307 e. The van der Waals surface area contributed by atoms with Crippen molar-refractivity contribution in [1.29, 1.82) is 0 Å². The van der Waals surface area contributed by atoms with Crippen LogP contribution in [0.4, 0.5) is 0 Å². The Labute approximate surface area is 91.6 Å². The van der Waals surface area contributed by atoms with E-state index in [-0.39, 0.29) is 18.3 Å². The lowest BCUT2D eigenvalue weighted by atomic mass is 10.2. The summed E-state index contributed by atoms with van der Waals surface area (Å²) in [5, 5.41) is 0. The van der Waals surface area contributed by atoms with Gasteiger partial charge in [-0.05, 0) is 13.3 Å². The fourth-order valence-corrected chi connectivity index (χ4v) is 1.14. The van der Waals surface area contributed by atoms with Gasteiger partial charge in [0.25, 0.3) is 0 Å². The molecule has 88 valence electrons. The number of hydrogen-bond donors (Lipinski definition) is 0. The lowest BCUT2D eigenvalue weighted by molar-refractivity contribution is -0.143. The van der Waals surface area contributed by atoms with Crippen LogP contribution in [0.25, 0.3) is 0 Å². The number of ether oxygens (including phenoxy) is 1. The summed E-state index contributed by atoms with van der Waals surface area (Å²) in [5.74, 6) is -0.145. The van der Waals surface area contributed by atoms with Gasteiger partial charge < -0.3 is 9.64 Å². The van der Waals surface area contributed by atoms with Gasteiger partial charge in [-0.25, -0.2) is 0 Å². The number of unbranched alkanes of at least 4 members (excludes halogenated alkanes) is 1. The van der Waals surface area contributed by atoms with Gasteiger partial charge in [-0.3, -0.25) is 9.59 Å². The van der Waals surface area contributed by atoms with E-state index in [1.807, 2.05) is 6.92 Å². The van der Waals surface area contributed by atoms with Crippen molar-refractivity contribution in [3.63, 3.8) is 0 Å². The van der Waals surface area contributed by atoms with Gasteiger partial charge in [0.15, 0.2) is 0 Å². The summed E-state index contributed by atoms with van der Waals surface area (Å²) in [7, 11) is 1.72. The summed E-state index contributed by atoms with van der Waals surface area (Å²) in [6, 6.07) is 0. The van der Waals surface area contributed by atoms with Crippen molar-refractivity contribution >= 4 is 11.9 Å². The van der Waals surface area contributed by atoms with E-state index in [1.165, 1.54) is 0 Å². The zero-order chi connectivity index (χ0) is 11.7. The molecular formula is C11H21NO3. The molecule has 0 fully saturated rings. The fraction of sp³-hybridized carbons (Fsp3) is 0.818. The zero-order valence-electron chi connectivity index (χ0n) is 9.91. The van der Waals surface area contributed by atoms with Gasteiger partial charge in [0.05, 0.1) is 13.0 Å². The molecule has 0 rings (SSSR count). The molecule has 0 bridgehead atoms. The van der Waals surface area contributed by atoms with Gasteiger partial charge in [-0.1, -0.05) is 13.3 Å². The van der Waals surface area contributed by atoms with E-state index in [1.54, 1.807) is 18.9 Å². The quantitative estimate of drug-likeness (QED) is 0.606. The molecule has 0 aromatic rings. The molecule has 0 N–H and O–H groups in total. The van der Waals surface area contributed by atoms with Crippen LogP contribution in [0.2, 0.25) is 0 Å². The van der Waals surface area contributed by atoms with Crippen LogP contribution in [-0.2, 0) is 14.3 Å². The number of rotatable bonds is 7. The van der Waals surface area contributed by atoms with Crippen LogP contribution < -0.4 is 0 Å². The molecule has 0 radical (unpaired) electrons. The lowest BCUT2D eigenvalue weighted by Gasteiger charge is -2.16. The second-order valence-corrected chi connectivity index (χ2v) is 3.47. The molecular weight excluding hydrogens is 194 g/mol. The number of amides is 1. The number of carbonyl (C=O) groups excluding carboxylic acids is 2. The molecule has 1 amide bonds. The summed E-state index contributed by atoms with van der Waals surface area (Å²) >= 11 is 0. The predicted molar refractivity (Wildman–Crippen MR) is 58.4 cm³/mol. The zero-order valence-corrected chi connectivity index (χ0v) is 9.91. The summed E-state index contributed by atoms with van der Waals surface area (Å²) in [5.41, 5.74) is 0. The number of nitrogens with zero attached hydrogens (tertiary/aromatic N) is 1. The van der Waals surface area contributed by atoms with Crippen LogP contribution in [-0.4, -0.2) is 37.0 Å². The van der Waals surface area contributed by atoms with Gasteiger partial charge in [-0.2, -0.15) is 0 Å². The van der Waals surface area contributed by atoms with Crippen molar-refractivity contribution in [3.05, 3.63) is 0 Å². The van der Waals surface area contributed by atoms with E-state index in [9.17, 15) is 9.59 Å². The van der Waals surface area contributed by atoms with Gasteiger partial charge >= 0.3 is 5.97 Å². The smallest absolute Gasteiger partial charge is 0.307 e. The highest BCUT2D eigenvalue weighted by Crippen LogP contribution is 2.00. The van der Waals surface area contributed by atoms with Crippen LogP contribution >= 0.6 is 0 Å². The number of hydrogen-bond acceptors (Lipinski definition) is 3. The Kier molecular flexibility index (Phi) is 7.68. The maximum atomic E-state index is 11.4. The Hall–Kier alpha value is -1.06. The largest absolute Gasteiger partial charge is 0.466 e. The highest BCUT2D eigenvalue weighted by Gasteiger charge is 2.10. The molecule has 15 heavy (non-hydrogen) atoms. The second kappa shape index (κ2) is 8.26. The molecule has 0 saturated carbocycles. The number of carbonyl (C=O) groups is 2. The molecule has 0 heterocycles. The highest BCUT2D eigenvalue weighted by atomic mass is 16.5. The summed E-state index contributed by atoms with van der Waals surface area (Å²) in [4.78, 5) is 24.1.